The molecule has 0 saturated carbocycles. The largest absolute Gasteiger partial charge is 0.378 e. The van der Waals surface area contributed by atoms with Crippen molar-refractivity contribution in [2.75, 3.05) is 25.1 Å². The highest BCUT2D eigenvalue weighted by Crippen LogP contribution is 2.33. The van der Waals surface area contributed by atoms with E-state index in [1.165, 1.54) is 23.4 Å². The van der Waals surface area contributed by atoms with Crippen LogP contribution in [0.25, 0.3) is 0 Å². The van der Waals surface area contributed by atoms with Gasteiger partial charge >= 0.3 is 0 Å². The molecule has 2 heterocycles. The van der Waals surface area contributed by atoms with Crippen molar-refractivity contribution in [1.82, 2.24) is 4.98 Å². The average molecular weight is 338 g/mol. The Labute approximate surface area is 141 Å². The first-order valence-corrected chi connectivity index (χ1v) is 9.54. The Balaban J connectivity index is 1.39. The van der Waals surface area contributed by atoms with Gasteiger partial charge < -0.3 is 14.8 Å². The molecule has 2 unspecified atom stereocenters. The molecule has 128 valence electrons. The number of anilines is 1. The summed E-state index contributed by atoms with van der Waals surface area (Å²) in [5.41, 5.74) is 1.18. The molecular weight excluding hydrogens is 312 g/mol. The van der Waals surface area contributed by atoms with Gasteiger partial charge in [-0.15, -0.1) is 11.3 Å². The van der Waals surface area contributed by atoms with Gasteiger partial charge in [-0.25, -0.2) is 4.98 Å². The molecule has 0 spiro atoms. The van der Waals surface area contributed by atoms with Gasteiger partial charge in [0.25, 0.3) is 0 Å². The summed E-state index contributed by atoms with van der Waals surface area (Å²) in [5.74, 6) is 0.758. The number of hydrogen-bond acceptors (Lipinski definition) is 5. The second-order valence-corrected chi connectivity index (χ2v) is 7.50. The van der Waals surface area contributed by atoms with E-state index < -0.39 is 0 Å². The van der Waals surface area contributed by atoms with Gasteiger partial charge in [0.2, 0.25) is 5.91 Å². The zero-order valence-corrected chi connectivity index (χ0v) is 14.6. The Kier molecular flexibility index (Phi) is 6.02. The summed E-state index contributed by atoms with van der Waals surface area (Å²) < 4.78 is 11.0. The SMILES string of the molecule is CCC1CCc2nc(NC(=O)CCOCC3CCCO3)sc2C1. The molecular formula is C17H26N2O3S. The highest BCUT2D eigenvalue weighted by Gasteiger charge is 2.22. The van der Waals surface area contributed by atoms with Crippen LogP contribution in [0.3, 0.4) is 0 Å². The maximum absolute atomic E-state index is 12.0. The average Bonchev–Trinajstić information content (AvgIpc) is 3.19. The lowest BCUT2D eigenvalue weighted by Crippen LogP contribution is -2.18. The first-order valence-electron chi connectivity index (χ1n) is 8.72. The minimum Gasteiger partial charge on any atom is -0.378 e. The molecule has 1 N–H and O–H groups in total. The molecule has 1 aromatic rings. The van der Waals surface area contributed by atoms with E-state index in [2.05, 4.69) is 17.2 Å². The quantitative estimate of drug-likeness (QED) is 0.776. The second kappa shape index (κ2) is 8.22. The summed E-state index contributed by atoms with van der Waals surface area (Å²) in [6.07, 6.45) is 7.37. The van der Waals surface area contributed by atoms with E-state index in [1.54, 1.807) is 11.3 Å². The summed E-state index contributed by atoms with van der Waals surface area (Å²) in [4.78, 5) is 17.9. The fourth-order valence-corrected chi connectivity index (χ4v) is 4.32. The van der Waals surface area contributed by atoms with E-state index in [-0.39, 0.29) is 12.0 Å². The van der Waals surface area contributed by atoms with Gasteiger partial charge in [-0.05, 0) is 38.0 Å². The van der Waals surface area contributed by atoms with Gasteiger partial charge in [0, 0.05) is 11.5 Å². The molecule has 5 nitrogen and oxygen atoms in total. The molecule has 1 aliphatic carbocycles. The smallest absolute Gasteiger partial charge is 0.228 e. The lowest BCUT2D eigenvalue weighted by molar-refractivity contribution is -0.117. The lowest BCUT2D eigenvalue weighted by atomic mass is 9.89. The molecule has 23 heavy (non-hydrogen) atoms. The van der Waals surface area contributed by atoms with Gasteiger partial charge in [0.1, 0.15) is 0 Å². The number of rotatable bonds is 7. The zero-order valence-electron chi connectivity index (χ0n) is 13.8. The van der Waals surface area contributed by atoms with E-state index in [0.717, 1.165) is 43.3 Å². The summed E-state index contributed by atoms with van der Waals surface area (Å²) in [7, 11) is 0. The van der Waals surface area contributed by atoms with Crippen molar-refractivity contribution >= 4 is 22.4 Å². The van der Waals surface area contributed by atoms with E-state index in [1.807, 2.05) is 0 Å². The molecule has 2 atom stereocenters. The molecule has 0 aromatic carbocycles. The van der Waals surface area contributed by atoms with Crippen LogP contribution in [0.1, 0.15) is 49.6 Å². The summed E-state index contributed by atoms with van der Waals surface area (Å²) in [5, 5.41) is 3.66. The van der Waals surface area contributed by atoms with Crippen LogP contribution in [0.2, 0.25) is 0 Å². The van der Waals surface area contributed by atoms with Crippen LogP contribution < -0.4 is 5.32 Å². The summed E-state index contributed by atoms with van der Waals surface area (Å²) >= 11 is 1.64. The van der Waals surface area contributed by atoms with Crippen molar-refractivity contribution in [2.45, 2.75) is 58.0 Å². The first kappa shape index (κ1) is 16.9. The van der Waals surface area contributed by atoms with Crippen LogP contribution in [-0.2, 0) is 27.1 Å². The number of amides is 1. The normalized spacial score (nSPS) is 23.7. The van der Waals surface area contributed by atoms with Crippen LogP contribution in [0.5, 0.6) is 0 Å². The predicted octanol–water partition coefficient (Wildman–Crippen LogP) is 3.18. The molecule has 3 rings (SSSR count). The number of nitrogens with zero attached hydrogens (tertiary/aromatic N) is 1. The third-order valence-electron chi connectivity index (χ3n) is 4.67. The molecule has 1 amide bonds. The van der Waals surface area contributed by atoms with E-state index in [0.29, 0.717) is 19.6 Å². The van der Waals surface area contributed by atoms with Gasteiger partial charge in [0.05, 0.1) is 31.4 Å². The minimum atomic E-state index is -0.0181. The molecule has 2 aliphatic rings. The number of nitrogens with one attached hydrogen (secondary N) is 1. The Hall–Kier alpha value is -0.980. The Morgan fingerprint density at radius 2 is 2.39 bits per heavy atom. The van der Waals surface area contributed by atoms with Crippen LogP contribution in [-0.4, -0.2) is 36.8 Å². The number of carbonyl (C=O) groups excluding carboxylic acids is 1. The zero-order chi connectivity index (χ0) is 16.1. The topological polar surface area (TPSA) is 60.5 Å². The maximum atomic E-state index is 12.0. The highest BCUT2D eigenvalue weighted by molar-refractivity contribution is 7.15. The molecule has 1 aromatic heterocycles. The van der Waals surface area contributed by atoms with E-state index in [9.17, 15) is 4.79 Å². The van der Waals surface area contributed by atoms with Gasteiger partial charge in [0.15, 0.2) is 5.13 Å². The van der Waals surface area contributed by atoms with Crippen molar-refractivity contribution in [1.29, 1.82) is 0 Å². The van der Waals surface area contributed by atoms with Crippen LogP contribution >= 0.6 is 11.3 Å². The van der Waals surface area contributed by atoms with Crippen molar-refractivity contribution < 1.29 is 14.3 Å². The van der Waals surface area contributed by atoms with E-state index in [4.69, 9.17) is 9.47 Å². The van der Waals surface area contributed by atoms with E-state index >= 15 is 0 Å². The van der Waals surface area contributed by atoms with Crippen LogP contribution in [0, 0.1) is 5.92 Å². The molecule has 0 radical (unpaired) electrons. The Bertz CT molecular complexity index is 526. The number of fused-ring (bicyclic) bond motifs is 1. The standard InChI is InChI=1S/C17H26N2O3S/c1-2-12-5-6-14-15(10-12)23-17(18-14)19-16(20)7-9-21-11-13-4-3-8-22-13/h12-13H,2-11H2,1H3,(H,18,19,20). The maximum Gasteiger partial charge on any atom is 0.228 e. The summed E-state index contributed by atoms with van der Waals surface area (Å²) in [6, 6.07) is 0. The third kappa shape index (κ3) is 4.75. The fraction of sp³-hybridized carbons (Fsp3) is 0.765. The summed E-state index contributed by atoms with van der Waals surface area (Å²) in [6.45, 7) is 4.12. The lowest BCUT2D eigenvalue weighted by Gasteiger charge is -2.18. The molecule has 6 heteroatoms. The van der Waals surface area contributed by atoms with Gasteiger partial charge in [-0.1, -0.05) is 13.3 Å². The number of ether oxygens (including phenoxy) is 2. The number of thiazole rings is 1. The second-order valence-electron chi connectivity index (χ2n) is 6.41. The number of hydrogen-bond donors (Lipinski definition) is 1. The molecule has 1 fully saturated rings. The van der Waals surface area contributed by atoms with Crippen molar-refractivity contribution in [3.63, 3.8) is 0 Å². The van der Waals surface area contributed by atoms with Gasteiger partial charge in [-0.2, -0.15) is 0 Å². The monoisotopic (exact) mass is 338 g/mol. The van der Waals surface area contributed by atoms with Crippen LogP contribution in [0.4, 0.5) is 5.13 Å². The number of carbonyl (C=O) groups is 1. The van der Waals surface area contributed by atoms with Crippen molar-refractivity contribution in [3.05, 3.63) is 10.6 Å². The molecule has 1 aliphatic heterocycles. The van der Waals surface area contributed by atoms with Gasteiger partial charge in [-0.3, -0.25) is 4.79 Å². The predicted molar refractivity (Wildman–Crippen MR) is 91.0 cm³/mol. The minimum absolute atomic E-state index is 0.0181. The number of aryl methyl sites for hydroxylation is 1. The third-order valence-corrected chi connectivity index (χ3v) is 5.70. The Morgan fingerprint density at radius 1 is 1.48 bits per heavy atom. The Morgan fingerprint density at radius 3 is 3.17 bits per heavy atom. The van der Waals surface area contributed by atoms with Crippen molar-refractivity contribution in [3.8, 4) is 0 Å². The highest BCUT2D eigenvalue weighted by atomic mass is 32.1. The molecule has 0 bridgehead atoms. The first-order chi connectivity index (χ1) is 11.2. The molecule has 1 saturated heterocycles. The van der Waals surface area contributed by atoms with Crippen LogP contribution in [0.15, 0.2) is 0 Å². The van der Waals surface area contributed by atoms with Crippen molar-refractivity contribution in [2.24, 2.45) is 5.92 Å². The fourth-order valence-electron chi connectivity index (χ4n) is 3.18. The number of aromatic nitrogens is 1.